The second-order valence-corrected chi connectivity index (χ2v) is 26.2. The smallest absolute Gasteiger partial charge is 0.193 e. The van der Waals surface area contributed by atoms with E-state index in [1.54, 1.807) is 0 Å². The highest BCUT2D eigenvalue weighted by Crippen LogP contribution is 2.34. The molecule has 0 aliphatic carbocycles. The van der Waals surface area contributed by atoms with Crippen LogP contribution in [0.25, 0.3) is 0 Å². The van der Waals surface area contributed by atoms with E-state index in [0.717, 1.165) is 43.1 Å². The van der Waals surface area contributed by atoms with Gasteiger partial charge in [0.05, 0.1) is 20.8 Å². The zero-order chi connectivity index (χ0) is 23.4. The molecule has 4 nitrogen and oxygen atoms in total. The van der Waals surface area contributed by atoms with Crippen LogP contribution in [0.2, 0.25) is 32.7 Å². The molecule has 2 aromatic rings. The Balaban J connectivity index is 1.95. The lowest BCUT2D eigenvalue weighted by Crippen LogP contribution is -2.61. The Morgan fingerprint density at radius 1 is 0.969 bits per heavy atom. The second kappa shape index (κ2) is 10.0. The Morgan fingerprint density at radius 3 is 2.09 bits per heavy atom. The molecule has 1 fully saturated rings. The van der Waals surface area contributed by atoms with Crippen molar-refractivity contribution in [3.05, 3.63) is 65.7 Å². The van der Waals surface area contributed by atoms with E-state index in [-0.39, 0.29) is 5.78 Å². The maximum absolute atomic E-state index is 14.1. The molecule has 0 spiro atoms. The molecule has 0 radical (unpaired) electrons. The molecule has 1 atom stereocenters. The summed E-state index contributed by atoms with van der Waals surface area (Å²) in [4.78, 5) is 16.4. The number of Topliss-reactive ketones (excluding diaryl/α,β-unsaturated/α-hetero) is 1. The molecule has 2 aromatic carbocycles. The van der Waals surface area contributed by atoms with Gasteiger partial charge < -0.3 is 14.1 Å². The van der Waals surface area contributed by atoms with Crippen LogP contribution in [0.15, 0.2) is 54.6 Å². The Morgan fingerprint density at radius 2 is 1.56 bits per heavy atom. The van der Waals surface area contributed by atoms with Gasteiger partial charge >= 0.3 is 0 Å². The lowest BCUT2D eigenvalue weighted by atomic mass is 9.84. The Bertz CT molecular complexity index is 888. The van der Waals surface area contributed by atoms with E-state index < -0.39 is 21.0 Å². The Hall–Kier alpha value is -1.74. The predicted molar refractivity (Wildman–Crippen MR) is 139 cm³/mol. The van der Waals surface area contributed by atoms with E-state index in [2.05, 4.69) is 68.8 Å². The van der Waals surface area contributed by atoms with Crippen LogP contribution in [0, 0.1) is 0 Å². The van der Waals surface area contributed by atoms with Gasteiger partial charge in [0.15, 0.2) is 13.6 Å². The topological polar surface area (TPSA) is 38.8 Å². The zero-order valence-electron chi connectivity index (χ0n) is 20.6. The first-order valence-electron chi connectivity index (χ1n) is 11.8. The van der Waals surface area contributed by atoms with Crippen LogP contribution in [0.5, 0.6) is 0 Å². The third-order valence-corrected chi connectivity index (χ3v) is 22.7. The van der Waals surface area contributed by atoms with Gasteiger partial charge in [0.25, 0.3) is 0 Å². The molecule has 1 unspecified atom stereocenters. The molecule has 3 rings (SSSR count). The molecule has 1 aliphatic heterocycles. The number of nitrogens with zero attached hydrogens (tertiary/aromatic N) is 1. The summed E-state index contributed by atoms with van der Waals surface area (Å²) in [6.07, 6.45) is 1.27. The lowest BCUT2D eigenvalue weighted by molar-refractivity contribution is 0.0406. The molecule has 0 bridgehead atoms. The molecule has 6 heteroatoms. The summed E-state index contributed by atoms with van der Waals surface area (Å²) in [5, 5.41) is 0. The third kappa shape index (κ3) is 5.60. The quantitative estimate of drug-likeness (QED) is 0.347. The summed E-state index contributed by atoms with van der Waals surface area (Å²) in [6.45, 7) is 17.1. The monoisotopic (exact) mass is 469 g/mol. The number of morpholine rings is 1. The Kier molecular flexibility index (Phi) is 7.81. The standard InChI is InChI=1S/C26H39NO3Si2/c1-7-26(21-22-11-9-8-10-12-22,30-32(5,6)31(2,3)4)25(28)23-13-15-24(16-14-23)27-17-19-29-20-18-27/h8-16H,7,17-21H2,1-6H3. The SMILES string of the molecule is CCC(Cc1ccccc1)(O[Si](C)(C)[Si](C)(C)C)C(=O)c1ccc(N2CCOCC2)cc1. The van der Waals surface area contributed by atoms with E-state index in [0.29, 0.717) is 12.8 Å². The second-order valence-electron chi connectivity index (χ2n) is 10.3. The fraction of sp³-hybridized carbons (Fsp3) is 0.500. The minimum atomic E-state index is -2.05. The van der Waals surface area contributed by atoms with Crippen LogP contribution >= 0.6 is 0 Å². The summed E-state index contributed by atoms with van der Waals surface area (Å²) in [6, 6.07) is 18.4. The number of carbonyl (C=O) groups excluding carboxylic acids is 1. The number of carbonyl (C=O) groups is 1. The fourth-order valence-corrected chi connectivity index (χ4v) is 7.09. The summed E-state index contributed by atoms with van der Waals surface area (Å²) >= 11 is 0. The average Bonchev–Trinajstić information content (AvgIpc) is 2.78. The molecule has 0 aromatic heterocycles. The molecular formula is C26H39NO3Si2. The molecule has 0 saturated carbocycles. The first-order valence-corrected chi connectivity index (χ1v) is 19.2. The number of ketones is 1. The number of benzene rings is 2. The molecule has 174 valence electrons. The first-order chi connectivity index (χ1) is 15.1. The largest absolute Gasteiger partial charge is 0.407 e. The molecule has 0 N–H and O–H groups in total. The van der Waals surface area contributed by atoms with E-state index in [1.807, 2.05) is 30.3 Å². The highest BCUT2D eigenvalue weighted by molar-refractivity contribution is 7.37. The van der Waals surface area contributed by atoms with Gasteiger partial charge in [-0.25, -0.2) is 0 Å². The number of anilines is 1. The van der Waals surface area contributed by atoms with Crippen LogP contribution in [0.1, 0.15) is 29.3 Å². The molecule has 1 aliphatic rings. The fourth-order valence-electron chi connectivity index (χ4n) is 4.00. The van der Waals surface area contributed by atoms with E-state index >= 15 is 0 Å². The van der Waals surface area contributed by atoms with Crippen LogP contribution < -0.4 is 4.90 Å². The minimum Gasteiger partial charge on any atom is -0.407 e. The van der Waals surface area contributed by atoms with Gasteiger partial charge in [0.2, 0.25) is 0 Å². The highest BCUT2D eigenvalue weighted by atomic mass is 29.3. The highest BCUT2D eigenvalue weighted by Gasteiger charge is 2.48. The van der Waals surface area contributed by atoms with Crippen molar-refractivity contribution < 1.29 is 14.0 Å². The normalized spacial score (nSPS) is 17.1. The number of hydrogen-bond acceptors (Lipinski definition) is 4. The van der Waals surface area contributed by atoms with Crippen molar-refractivity contribution in [3.63, 3.8) is 0 Å². The number of hydrogen-bond donors (Lipinski definition) is 0. The van der Waals surface area contributed by atoms with Gasteiger partial charge in [-0.15, -0.1) is 0 Å². The molecule has 0 amide bonds. The summed E-state index contributed by atoms with van der Waals surface area (Å²) < 4.78 is 12.5. The van der Waals surface area contributed by atoms with Gasteiger partial charge in [0.1, 0.15) is 5.60 Å². The van der Waals surface area contributed by atoms with Crippen LogP contribution in [0.4, 0.5) is 5.69 Å². The van der Waals surface area contributed by atoms with Crippen LogP contribution in [0.3, 0.4) is 0 Å². The summed E-state index contributed by atoms with van der Waals surface area (Å²) in [7, 11) is -3.61. The first kappa shape index (κ1) is 24.9. The van der Waals surface area contributed by atoms with Crippen molar-refractivity contribution in [2.24, 2.45) is 0 Å². The molecule has 1 heterocycles. The van der Waals surface area contributed by atoms with E-state index in [4.69, 9.17) is 9.16 Å². The van der Waals surface area contributed by atoms with Crippen LogP contribution in [-0.4, -0.2) is 53.1 Å². The predicted octanol–water partition coefficient (Wildman–Crippen LogP) is 5.74. The lowest BCUT2D eigenvalue weighted by Gasteiger charge is -2.44. The van der Waals surface area contributed by atoms with Crippen molar-refractivity contribution >= 4 is 26.9 Å². The maximum Gasteiger partial charge on any atom is 0.193 e. The summed E-state index contributed by atoms with van der Waals surface area (Å²) in [5.74, 6) is 0.108. The van der Waals surface area contributed by atoms with Crippen molar-refractivity contribution in [2.75, 3.05) is 31.2 Å². The molecule has 32 heavy (non-hydrogen) atoms. The van der Waals surface area contributed by atoms with Gasteiger partial charge in [-0.1, -0.05) is 56.9 Å². The van der Waals surface area contributed by atoms with Gasteiger partial charge in [-0.05, 0) is 49.3 Å². The van der Waals surface area contributed by atoms with Crippen molar-refractivity contribution in [2.45, 2.75) is 58.1 Å². The average molecular weight is 470 g/mol. The van der Waals surface area contributed by atoms with Crippen molar-refractivity contribution in [1.29, 1.82) is 0 Å². The molecule has 1 saturated heterocycles. The van der Waals surface area contributed by atoms with Gasteiger partial charge in [-0.2, -0.15) is 0 Å². The Labute approximate surface area is 195 Å². The van der Waals surface area contributed by atoms with Crippen molar-refractivity contribution in [3.8, 4) is 0 Å². The summed E-state index contributed by atoms with van der Waals surface area (Å²) in [5.41, 5.74) is 2.19. The third-order valence-electron chi connectivity index (χ3n) is 7.08. The van der Waals surface area contributed by atoms with Crippen LogP contribution in [-0.2, 0) is 15.6 Å². The van der Waals surface area contributed by atoms with Gasteiger partial charge in [-0.3, -0.25) is 4.79 Å². The van der Waals surface area contributed by atoms with Crippen molar-refractivity contribution in [1.82, 2.24) is 0 Å². The zero-order valence-corrected chi connectivity index (χ0v) is 22.6. The van der Waals surface area contributed by atoms with E-state index in [1.165, 1.54) is 0 Å². The maximum atomic E-state index is 14.1. The number of rotatable bonds is 9. The molecular weight excluding hydrogens is 430 g/mol. The minimum absolute atomic E-state index is 0.108. The van der Waals surface area contributed by atoms with E-state index in [9.17, 15) is 4.79 Å². The number of ether oxygens (including phenoxy) is 1. The van der Waals surface area contributed by atoms with Gasteiger partial charge in [0, 0.05) is 30.8 Å².